The Morgan fingerprint density at radius 1 is 1.20 bits per heavy atom. The number of rotatable bonds is 6. The van der Waals surface area contributed by atoms with Crippen LogP contribution in [-0.2, 0) is 6.54 Å². The van der Waals surface area contributed by atoms with Crippen LogP contribution in [-0.4, -0.2) is 40.8 Å². The first kappa shape index (κ1) is 15.1. The van der Waals surface area contributed by atoms with Crippen LogP contribution in [0.2, 0.25) is 0 Å². The van der Waals surface area contributed by atoms with Crippen molar-refractivity contribution in [3.63, 3.8) is 0 Å². The molecule has 1 aromatic rings. The Morgan fingerprint density at radius 2 is 1.90 bits per heavy atom. The highest BCUT2D eigenvalue weighted by molar-refractivity contribution is 5.44. The van der Waals surface area contributed by atoms with E-state index >= 15 is 0 Å². The summed E-state index contributed by atoms with van der Waals surface area (Å²) in [6.45, 7) is 8.40. The molecule has 4 nitrogen and oxygen atoms in total. The van der Waals surface area contributed by atoms with Gasteiger partial charge in [-0.15, -0.1) is 0 Å². The molecule has 2 rings (SSSR count). The summed E-state index contributed by atoms with van der Waals surface area (Å²) < 4.78 is 0. The van der Waals surface area contributed by atoms with Gasteiger partial charge in [0, 0.05) is 24.7 Å². The van der Waals surface area contributed by atoms with E-state index in [1.165, 1.54) is 32.0 Å². The van der Waals surface area contributed by atoms with Gasteiger partial charge < -0.3 is 15.5 Å². The van der Waals surface area contributed by atoms with Crippen molar-refractivity contribution >= 4 is 0 Å². The number of para-hydroxylation sites is 1. The van der Waals surface area contributed by atoms with Crippen LogP contribution in [0.5, 0.6) is 11.5 Å². The number of nitrogens with zero attached hydrogens (tertiary/aromatic N) is 1. The van der Waals surface area contributed by atoms with Crippen molar-refractivity contribution in [3.05, 3.63) is 23.8 Å². The second-order valence-corrected chi connectivity index (χ2v) is 5.97. The second kappa shape index (κ2) is 6.95. The van der Waals surface area contributed by atoms with Crippen molar-refractivity contribution in [2.24, 2.45) is 5.92 Å². The summed E-state index contributed by atoms with van der Waals surface area (Å²) in [5.74, 6) is 0.546. The molecule has 1 fully saturated rings. The van der Waals surface area contributed by atoms with E-state index in [9.17, 15) is 10.2 Å². The Hall–Kier alpha value is -1.26. The molecule has 0 spiro atoms. The van der Waals surface area contributed by atoms with Gasteiger partial charge in [0.05, 0.1) is 0 Å². The summed E-state index contributed by atoms with van der Waals surface area (Å²) in [5.41, 5.74) is 0.744. The van der Waals surface area contributed by atoms with E-state index in [1.54, 1.807) is 6.07 Å². The van der Waals surface area contributed by atoms with Crippen LogP contribution in [0.25, 0.3) is 0 Å². The maximum atomic E-state index is 9.78. The van der Waals surface area contributed by atoms with E-state index in [-0.39, 0.29) is 11.5 Å². The number of phenolic OH excluding ortho intramolecular Hbond substituents is 2. The zero-order valence-electron chi connectivity index (χ0n) is 12.5. The minimum atomic E-state index is -0.0516. The molecule has 0 aliphatic carbocycles. The van der Waals surface area contributed by atoms with Gasteiger partial charge >= 0.3 is 0 Å². The quantitative estimate of drug-likeness (QED) is 0.699. The summed E-state index contributed by atoms with van der Waals surface area (Å²) in [6.07, 6.45) is 2.60. The van der Waals surface area contributed by atoms with E-state index < -0.39 is 0 Å². The SMILES string of the molecule is CC(C)C(CNCc1cccc(O)c1O)N1CCCC1. The van der Waals surface area contributed by atoms with Crippen LogP contribution in [0.1, 0.15) is 32.3 Å². The number of aromatic hydroxyl groups is 2. The van der Waals surface area contributed by atoms with Gasteiger partial charge in [-0.2, -0.15) is 0 Å². The molecule has 112 valence electrons. The highest BCUT2D eigenvalue weighted by atomic mass is 16.3. The van der Waals surface area contributed by atoms with Crippen LogP contribution in [0.3, 0.4) is 0 Å². The molecular weight excluding hydrogens is 252 g/mol. The fraction of sp³-hybridized carbons (Fsp3) is 0.625. The fourth-order valence-corrected chi connectivity index (χ4v) is 2.93. The first-order chi connectivity index (χ1) is 9.59. The smallest absolute Gasteiger partial charge is 0.161 e. The first-order valence-corrected chi connectivity index (χ1v) is 7.54. The Balaban J connectivity index is 1.88. The lowest BCUT2D eigenvalue weighted by Gasteiger charge is -2.31. The monoisotopic (exact) mass is 278 g/mol. The molecule has 0 radical (unpaired) electrons. The van der Waals surface area contributed by atoms with Crippen LogP contribution in [0.4, 0.5) is 0 Å². The van der Waals surface area contributed by atoms with Crippen LogP contribution in [0, 0.1) is 5.92 Å². The molecule has 1 atom stereocenters. The molecule has 4 heteroatoms. The summed E-state index contributed by atoms with van der Waals surface area (Å²) in [7, 11) is 0. The van der Waals surface area contributed by atoms with Crippen LogP contribution >= 0.6 is 0 Å². The standard InChI is InChI=1S/C16H26N2O2/c1-12(2)14(18-8-3-4-9-18)11-17-10-13-6-5-7-15(19)16(13)20/h5-7,12,14,17,19-20H,3-4,8-11H2,1-2H3. The fourth-order valence-electron chi connectivity index (χ4n) is 2.93. The average molecular weight is 278 g/mol. The number of nitrogens with one attached hydrogen (secondary N) is 1. The van der Waals surface area contributed by atoms with Crippen molar-refractivity contribution in [2.45, 2.75) is 39.3 Å². The predicted molar refractivity (Wildman–Crippen MR) is 80.9 cm³/mol. The normalized spacial score (nSPS) is 17.8. The van der Waals surface area contributed by atoms with E-state index in [4.69, 9.17) is 0 Å². The van der Waals surface area contributed by atoms with Crippen molar-refractivity contribution in [3.8, 4) is 11.5 Å². The maximum absolute atomic E-state index is 9.78. The van der Waals surface area contributed by atoms with Crippen LogP contribution in [0.15, 0.2) is 18.2 Å². The van der Waals surface area contributed by atoms with Gasteiger partial charge in [0.15, 0.2) is 11.5 Å². The number of benzene rings is 1. The summed E-state index contributed by atoms with van der Waals surface area (Å²) in [6, 6.07) is 5.63. The van der Waals surface area contributed by atoms with Crippen LogP contribution < -0.4 is 5.32 Å². The van der Waals surface area contributed by atoms with Crippen molar-refractivity contribution in [2.75, 3.05) is 19.6 Å². The molecule has 1 aliphatic heterocycles. The lowest BCUT2D eigenvalue weighted by atomic mass is 10.0. The summed E-state index contributed by atoms with van der Waals surface area (Å²) in [4.78, 5) is 2.56. The van der Waals surface area contributed by atoms with Crippen molar-refractivity contribution < 1.29 is 10.2 Å². The first-order valence-electron chi connectivity index (χ1n) is 7.54. The number of hydrogen-bond donors (Lipinski definition) is 3. The van der Waals surface area contributed by atoms with Gasteiger partial charge in [-0.05, 0) is 37.9 Å². The second-order valence-electron chi connectivity index (χ2n) is 5.97. The van der Waals surface area contributed by atoms with E-state index in [2.05, 4.69) is 24.1 Å². The van der Waals surface area contributed by atoms with Crippen molar-refractivity contribution in [1.29, 1.82) is 0 Å². The largest absolute Gasteiger partial charge is 0.504 e. The maximum Gasteiger partial charge on any atom is 0.161 e. The third-order valence-corrected chi connectivity index (χ3v) is 4.15. The molecule has 1 aromatic carbocycles. The molecule has 0 bridgehead atoms. The highest BCUT2D eigenvalue weighted by Gasteiger charge is 2.24. The summed E-state index contributed by atoms with van der Waals surface area (Å²) in [5, 5.41) is 22.7. The predicted octanol–water partition coefficient (Wildman–Crippen LogP) is 2.31. The zero-order valence-corrected chi connectivity index (χ0v) is 12.5. The van der Waals surface area contributed by atoms with E-state index in [0.29, 0.717) is 18.5 Å². The molecular formula is C16H26N2O2. The number of hydrogen-bond acceptors (Lipinski definition) is 4. The third-order valence-electron chi connectivity index (χ3n) is 4.15. The molecule has 0 aromatic heterocycles. The molecule has 20 heavy (non-hydrogen) atoms. The zero-order chi connectivity index (χ0) is 14.5. The Morgan fingerprint density at radius 3 is 2.55 bits per heavy atom. The van der Waals surface area contributed by atoms with E-state index in [1.807, 2.05) is 6.07 Å². The summed E-state index contributed by atoms with van der Waals surface area (Å²) >= 11 is 0. The lowest BCUT2D eigenvalue weighted by Crippen LogP contribution is -2.44. The Kier molecular flexibility index (Phi) is 5.26. The number of phenols is 2. The molecule has 0 saturated carbocycles. The Labute approximate surface area is 121 Å². The molecule has 1 aliphatic rings. The minimum absolute atomic E-state index is 0.0118. The Bertz CT molecular complexity index is 428. The van der Waals surface area contributed by atoms with Gasteiger partial charge in [-0.3, -0.25) is 4.90 Å². The topological polar surface area (TPSA) is 55.7 Å². The van der Waals surface area contributed by atoms with Gasteiger partial charge in [0.2, 0.25) is 0 Å². The van der Waals surface area contributed by atoms with Gasteiger partial charge in [-0.1, -0.05) is 26.0 Å². The third kappa shape index (κ3) is 3.64. The average Bonchev–Trinajstić information content (AvgIpc) is 2.92. The minimum Gasteiger partial charge on any atom is -0.504 e. The van der Waals surface area contributed by atoms with Crippen molar-refractivity contribution in [1.82, 2.24) is 10.2 Å². The molecule has 0 amide bonds. The highest BCUT2D eigenvalue weighted by Crippen LogP contribution is 2.28. The molecule has 1 saturated heterocycles. The number of likely N-dealkylation sites (tertiary alicyclic amines) is 1. The van der Waals surface area contributed by atoms with Gasteiger partial charge in [-0.25, -0.2) is 0 Å². The van der Waals surface area contributed by atoms with Gasteiger partial charge in [0.1, 0.15) is 0 Å². The lowest BCUT2D eigenvalue weighted by molar-refractivity contribution is 0.186. The molecule has 1 heterocycles. The molecule has 3 N–H and O–H groups in total. The van der Waals surface area contributed by atoms with E-state index in [0.717, 1.165) is 12.1 Å². The molecule has 1 unspecified atom stereocenters. The van der Waals surface area contributed by atoms with Gasteiger partial charge in [0.25, 0.3) is 0 Å².